The highest BCUT2D eigenvalue weighted by Crippen LogP contribution is 2.18. The van der Waals surface area contributed by atoms with Gasteiger partial charge in [0.2, 0.25) is 0 Å². The Morgan fingerprint density at radius 2 is 1.39 bits per heavy atom. The van der Waals surface area contributed by atoms with Crippen molar-refractivity contribution in [3.63, 3.8) is 0 Å². The van der Waals surface area contributed by atoms with Gasteiger partial charge in [-0.2, -0.15) is 0 Å². The Kier molecular flexibility index (Phi) is 4.08. The van der Waals surface area contributed by atoms with Crippen LogP contribution in [0.1, 0.15) is 27.8 Å². The molecule has 0 radical (unpaired) electrons. The second-order valence-electron chi connectivity index (χ2n) is 4.99. The lowest BCUT2D eigenvalue weighted by atomic mass is 9.96. The van der Waals surface area contributed by atoms with E-state index in [0.717, 1.165) is 17.9 Å². The van der Waals surface area contributed by atoms with Crippen molar-refractivity contribution in [2.75, 3.05) is 0 Å². The molecule has 0 atom stereocenters. The average Bonchev–Trinajstić information content (AvgIpc) is 2.34. The molecule has 0 aromatic heterocycles. The molecule has 0 N–H and O–H groups in total. The standard InChI is InChI=1S/C17H19Cl/c1-12-10-14(3)16(11-13(12)2)7-4-15-5-8-17(18)9-6-15/h5-6,8-11H,4,7H2,1-3H3. The van der Waals surface area contributed by atoms with Crippen molar-refractivity contribution in [1.82, 2.24) is 0 Å². The lowest BCUT2D eigenvalue weighted by molar-refractivity contribution is 0.945. The van der Waals surface area contributed by atoms with Crippen LogP contribution >= 0.6 is 11.6 Å². The highest BCUT2D eigenvalue weighted by molar-refractivity contribution is 6.30. The van der Waals surface area contributed by atoms with E-state index >= 15 is 0 Å². The topological polar surface area (TPSA) is 0 Å². The van der Waals surface area contributed by atoms with Crippen molar-refractivity contribution >= 4 is 11.6 Å². The first-order chi connectivity index (χ1) is 8.56. The van der Waals surface area contributed by atoms with E-state index in [9.17, 15) is 0 Å². The monoisotopic (exact) mass is 258 g/mol. The zero-order valence-electron chi connectivity index (χ0n) is 11.3. The van der Waals surface area contributed by atoms with Crippen LogP contribution in [0.3, 0.4) is 0 Å². The number of rotatable bonds is 3. The predicted octanol–water partition coefficient (Wildman–Crippen LogP) is 5.05. The molecular weight excluding hydrogens is 240 g/mol. The van der Waals surface area contributed by atoms with Gasteiger partial charge in [0.1, 0.15) is 0 Å². The van der Waals surface area contributed by atoms with Gasteiger partial charge in [-0.1, -0.05) is 35.9 Å². The molecule has 0 nitrogen and oxygen atoms in total. The highest BCUT2D eigenvalue weighted by Gasteiger charge is 2.02. The van der Waals surface area contributed by atoms with Crippen molar-refractivity contribution in [2.45, 2.75) is 33.6 Å². The molecule has 0 aliphatic heterocycles. The normalized spacial score (nSPS) is 10.7. The van der Waals surface area contributed by atoms with Crippen molar-refractivity contribution in [1.29, 1.82) is 0 Å². The van der Waals surface area contributed by atoms with Crippen molar-refractivity contribution in [3.8, 4) is 0 Å². The van der Waals surface area contributed by atoms with Gasteiger partial charge in [-0.25, -0.2) is 0 Å². The molecule has 0 spiro atoms. The maximum Gasteiger partial charge on any atom is 0.0406 e. The maximum atomic E-state index is 5.89. The Labute approximate surface area is 115 Å². The van der Waals surface area contributed by atoms with Crippen LogP contribution in [0.2, 0.25) is 5.02 Å². The Balaban J connectivity index is 2.10. The van der Waals surface area contributed by atoms with Gasteiger partial charge >= 0.3 is 0 Å². The smallest absolute Gasteiger partial charge is 0.0406 e. The lowest BCUT2D eigenvalue weighted by Gasteiger charge is -2.10. The molecule has 0 saturated heterocycles. The lowest BCUT2D eigenvalue weighted by Crippen LogP contribution is -1.96. The molecule has 2 aromatic carbocycles. The molecular formula is C17H19Cl. The first kappa shape index (κ1) is 13.2. The summed E-state index contributed by atoms with van der Waals surface area (Å²) < 4.78 is 0. The summed E-state index contributed by atoms with van der Waals surface area (Å²) in [5.74, 6) is 0. The minimum Gasteiger partial charge on any atom is -0.0843 e. The summed E-state index contributed by atoms with van der Waals surface area (Å²) in [6, 6.07) is 12.7. The largest absolute Gasteiger partial charge is 0.0843 e. The number of halogens is 1. The fourth-order valence-corrected chi connectivity index (χ4v) is 2.35. The van der Waals surface area contributed by atoms with E-state index in [0.29, 0.717) is 0 Å². The van der Waals surface area contributed by atoms with Gasteiger partial charge in [-0.15, -0.1) is 0 Å². The molecule has 0 aliphatic rings. The van der Waals surface area contributed by atoms with Crippen LogP contribution in [0.15, 0.2) is 36.4 Å². The highest BCUT2D eigenvalue weighted by atomic mass is 35.5. The summed E-state index contributed by atoms with van der Waals surface area (Å²) in [5.41, 5.74) is 6.95. The molecule has 18 heavy (non-hydrogen) atoms. The summed E-state index contributed by atoms with van der Waals surface area (Å²) >= 11 is 5.89. The summed E-state index contributed by atoms with van der Waals surface area (Å²) in [6.07, 6.45) is 2.16. The fourth-order valence-electron chi connectivity index (χ4n) is 2.22. The van der Waals surface area contributed by atoms with E-state index in [1.165, 1.54) is 27.8 Å². The second kappa shape index (κ2) is 5.58. The first-order valence-electron chi connectivity index (χ1n) is 6.37. The SMILES string of the molecule is Cc1cc(C)c(CCc2ccc(Cl)cc2)cc1C. The van der Waals surface area contributed by atoms with Crippen LogP contribution in [0.5, 0.6) is 0 Å². The number of benzene rings is 2. The third-order valence-corrected chi connectivity index (χ3v) is 3.80. The van der Waals surface area contributed by atoms with E-state index in [-0.39, 0.29) is 0 Å². The van der Waals surface area contributed by atoms with Crippen molar-refractivity contribution < 1.29 is 0 Å². The number of hydrogen-bond donors (Lipinski definition) is 0. The Morgan fingerprint density at radius 1 is 0.778 bits per heavy atom. The summed E-state index contributed by atoms with van der Waals surface area (Å²) in [5, 5.41) is 0.807. The molecule has 0 amide bonds. The Morgan fingerprint density at radius 3 is 2.06 bits per heavy atom. The van der Waals surface area contributed by atoms with Crippen molar-refractivity contribution in [2.24, 2.45) is 0 Å². The third kappa shape index (κ3) is 3.14. The van der Waals surface area contributed by atoms with E-state index < -0.39 is 0 Å². The van der Waals surface area contributed by atoms with Gasteiger partial charge < -0.3 is 0 Å². The van der Waals surface area contributed by atoms with Gasteiger partial charge in [-0.3, -0.25) is 0 Å². The molecule has 2 rings (SSSR count). The van der Waals surface area contributed by atoms with Crippen LogP contribution in [0.4, 0.5) is 0 Å². The van der Waals surface area contributed by atoms with E-state index in [1.807, 2.05) is 12.1 Å². The van der Waals surface area contributed by atoms with E-state index in [2.05, 4.69) is 45.0 Å². The Bertz CT molecular complexity index is 538. The number of aryl methyl sites for hydroxylation is 5. The average molecular weight is 259 g/mol. The Hall–Kier alpha value is -1.27. The summed E-state index contributed by atoms with van der Waals surface area (Å²) in [7, 11) is 0. The second-order valence-corrected chi connectivity index (χ2v) is 5.43. The molecule has 2 aromatic rings. The van der Waals surface area contributed by atoms with Gasteiger partial charge in [0.15, 0.2) is 0 Å². The first-order valence-corrected chi connectivity index (χ1v) is 6.75. The maximum absolute atomic E-state index is 5.89. The summed E-state index contributed by atoms with van der Waals surface area (Å²) in [6.45, 7) is 6.55. The molecule has 0 aliphatic carbocycles. The zero-order chi connectivity index (χ0) is 13.1. The minimum atomic E-state index is 0.807. The molecule has 0 unspecified atom stereocenters. The van der Waals surface area contributed by atoms with E-state index in [1.54, 1.807) is 0 Å². The van der Waals surface area contributed by atoms with Crippen molar-refractivity contribution in [3.05, 3.63) is 69.2 Å². The van der Waals surface area contributed by atoms with Gasteiger partial charge in [0.05, 0.1) is 0 Å². The van der Waals surface area contributed by atoms with Crippen LogP contribution in [-0.2, 0) is 12.8 Å². The molecule has 1 heteroatoms. The molecule has 0 heterocycles. The summed E-state index contributed by atoms with van der Waals surface area (Å²) in [4.78, 5) is 0. The zero-order valence-corrected chi connectivity index (χ0v) is 12.0. The molecule has 0 saturated carbocycles. The van der Waals surface area contributed by atoms with E-state index in [4.69, 9.17) is 11.6 Å². The van der Waals surface area contributed by atoms with Gasteiger partial charge in [-0.05, 0) is 73.6 Å². The van der Waals surface area contributed by atoms with Crippen LogP contribution < -0.4 is 0 Å². The minimum absolute atomic E-state index is 0.807. The predicted molar refractivity (Wildman–Crippen MR) is 79.5 cm³/mol. The molecule has 0 fully saturated rings. The third-order valence-electron chi connectivity index (χ3n) is 3.55. The van der Waals surface area contributed by atoms with Crippen LogP contribution in [0, 0.1) is 20.8 Å². The van der Waals surface area contributed by atoms with Gasteiger partial charge in [0.25, 0.3) is 0 Å². The fraction of sp³-hybridized carbons (Fsp3) is 0.294. The van der Waals surface area contributed by atoms with Gasteiger partial charge in [0, 0.05) is 5.02 Å². The quantitative estimate of drug-likeness (QED) is 0.723. The van der Waals surface area contributed by atoms with Crippen LogP contribution in [-0.4, -0.2) is 0 Å². The molecule has 94 valence electrons. The van der Waals surface area contributed by atoms with Crippen LogP contribution in [0.25, 0.3) is 0 Å². The molecule has 0 bridgehead atoms. The number of hydrogen-bond acceptors (Lipinski definition) is 0.